The van der Waals surface area contributed by atoms with Crippen molar-refractivity contribution in [1.82, 2.24) is 5.32 Å². The molecule has 0 saturated carbocycles. The highest BCUT2D eigenvalue weighted by atomic mass is 32.1. The molecule has 0 atom stereocenters. The van der Waals surface area contributed by atoms with Gasteiger partial charge in [-0.05, 0) is 25.5 Å². The number of nitrogens with one attached hydrogen (secondary N) is 1. The van der Waals surface area contributed by atoms with Gasteiger partial charge in [-0.2, -0.15) is 0 Å². The Bertz CT molecular complexity index is 304. The third kappa shape index (κ3) is 3.38. The average Bonchev–Trinajstić information content (AvgIpc) is 2.63. The number of thiophene rings is 1. The minimum atomic E-state index is 0.527. The van der Waals surface area contributed by atoms with Crippen molar-refractivity contribution in [3.8, 4) is 0 Å². The summed E-state index contributed by atoms with van der Waals surface area (Å²) in [5.74, 6) is 0.527. The van der Waals surface area contributed by atoms with E-state index in [-0.39, 0.29) is 0 Å². The summed E-state index contributed by atoms with van der Waals surface area (Å²) in [6.45, 7) is 5.66. The monoisotopic (exact) mass is 211 g/mol. The SMILES string of the molecule is CCNC(N)=NCc1ccc(CC)s1. The van der Waals surface area contributed by atoms with Crippen molar-refractivity contribution in [1.29, 1.82) is 0 Å². The van der Waals surface area contributed by atoms with Gasteiger partial charge in [0.2, 0.25) is 0 Å². The van der Waals surface area contributed by atoms with Crippen LogP contribution in [0.15, 0.2) is 17.1 Å². The fourth-order valence-corrected chi connectivity index (χ4v) is 1.98. The molecular formula is C10H17N3S. The molecular weight excluding hydrogens is 194 g/mol. The van der Waals surface area contributed by atoms with Crippen LogP contribution in [0.1, 0.15) is 23.6 Å². The van der Waals surface area contributed by atoms with Gasteiger partial charge in [-0.3, -0.25) is 0 Å². The first-order valence-corrected chi connectivity index (χ1v) is 5.69. The molecule has 3 nitrogen and oxygen atoms in total. The van der Waals surface area contributed by atoms with Gasteiger partial charge >= 0.3 is 0 Å². The molecule has 0 saturated heterocycles. The molecule has 1 rings (SSSR count). The van der Waals surface area contributed by atoms with Crippen LogP contribution >= 0.6 is 11.3 Å². The third-order valence-corrected chi connectivity index (χ3v) is 3.04. The first-order chi connectivity index (χ1) is 6.76. The van der Waals surface area contributed by atoms with Crippen LogP contribution < -0.4 is 11.1 Å². The van der Waals surface area contributed by atoms with Crippen LogP contribution in [0.25, 0.3) is 0 Å². The molecule has 0 unspecified atom stereocenters. The van der Waals surface area contributed by atoms with E-state index in [0.717, 1.165) is 13.0 Å². The number of nitrogens with two attached hydrogens (primary N) is 1. The summed E-state index contributed by atoms with van der Waals surface area (Å²) < 4.78 is 0. The molecule has 0 aliphatic carbocycles. The molecule has 0 bridgehead atoms. The number of hydrogen-bond donors (Lipinski definition) is 2. The molecule has 1 aromatic heterocycles. The molecule has 0 aromatic carbocycles. The standard InChI is InChI=1S/C10H17N3S/c1-3-8-5-6-9(14-8)7-13-10(11)12-4-2/h5-6H,3-4,7H2,1-2H3,(H3,11,12,13). The van der Waals surface area contributed by atoms with Crippen LogP contribution in [0, 0.1) is 0 Å². The van der Waals surface area contributed by atoms with Crippen molar-refractivity contribution in [2.75, 3.05) is 6.54 Å². The van der Waals surface area contributed by atoms with E-state index in [2.05, 4.69) is 29.4 Å². The lowest BCUT2D eigenvalue weighted by molar-refractivity contribution is 0.929. The van der Waals surface area contributed by atoms with Gasteiger partial charge in [-0.1, -0.05) is 6.92 Å². The number of guanidine groups is 1. The molecule has 14 heavy (non-hydrogen) atoms. The second kappa shape index (κ2) is 5.65. The predicted octanol–water partition coefficient (Wildman–Crippen LogP) is 1.73. The van der Waals surface area contributed by atoms with E-state index in [1.165, 1.54) is 9.75 Å². The van der Waals surface area contributed by atoms with Gasteiger partial charge in [0.1, 0.15) is 0 Å². The highest BCUT2D eigenvalue weighted by Crippen LogP contribution is 2.17. The molecule has 1 heterocycles. The van der Waals surface area contributed by atoms with Crippen LogP contribution in [0.2, 0.25) is 0 Å². The summed E-state index contributed by atoms with van der Waals surface area (Å²) in [7, 11) is 0. The zero-order valence-corrected chi connectivity index (χ0v) is 9.53. The molecule has 0 aliphatic heterocycles. The molecule has 1 aromatic rings. The van der Waals surface area contributed by atoms with E-state index in [1.54, 1.807) is 11.3 Å². The van der Waals surface area contributed by atoms with Crippen molar-refractivity contribution in [2.45, 2.75) is 26.8 Å². The summed E-state index contributed by atoms with van der Waals surface area (Å²) in [6.07, 6.45) is 1.09. The van der Waals surface area contributed by atoms with Crippen LogP contribution in [-0.4, -0.2) is 12.5 Å². The lowest BCUT2D eigenvalue weighted by atomic mass is 10.4. The maximum absolute atomic E-state index is 5.61. The van der Waals surface area contributed by atoms with Crippen LogP contribution in [0.3, 0.4) is 0 Å². The van der Waals surface area contributed by atoms with Crippen molar-refractivity contribution in [3.63, 3.8) is 0 Å². The summed E-state index contributed by atoms with van der Waals surface area (Å²) in [5.41, 5.74) is 5.61. The number of hydrogen-bond acceptors (Lipinski definition) is 2. The lowest BCUT2D eigenvalue weighted by Crippen LogP contribution is -2.31. The van der Waals surface area contributed by atoms with Crippen LogP contribution in [0.4, 0.5) is 0 Å². The zero-order valence-electron chi connectivity index (χ0n) is 8.71. The van der Waals surface area contributed by atoms with Crippen LogP contribution in [0.5, 0.6) is 0 Å². The van der Waals surface area contributed by atoms with Gasteiger partial charge in [0, 0.05) is 16.3 Å². The molecule has 3 N–H and O–H groups in total. The quantitative estimate of drug-likeness (QED) is 0.588. The van der Waals surface area contributed by atoms with Gasteiger partial charge < -0.3 is 11.1 Å². The van der Waals surface area contributed by atoms with Gasteiger partial charge in [0.15, 0.2) is 5.96 Å². The largest absolute Gasteiger partial charge is 0.370 e. The normalized spacial score (nSPS) is 11.7. The Morgan fingerprint density at radius 1 is 1.43 bits per heavy atom. The van der Waals surface area contributed by atoms with Gasteiger partial charge in [-0.15, -0.1) is 11.3 Å². The highest BCUT2D eigenvalue weighted by molar-refractivity contribution is 7.11. The maximum atomic E-state index is 5.61. The highest BCUT2D eigenvalue weighted by Gasteiger charge is 1.97. The summed E-state index contributed by atoms with van der Waals surface area (Å²) >= 11 is 1.80. The minimum absolute atomic E-state index is 0.527. The van der Waals surface area contributed by atoms with E-state index in [4.69, 9.17) is 5.73 Å². The number of rotatable bonds is 4. The fraction of sp³-hybridized carbons (Fsp3) is 0.500. The molecule has 78 valence electrons. The Kier molecular flexibility index (Phi) is 4.46. The Hall–Kier alpha value is -1.03. The minimum Gasteiger partial charge on any atom is -0.370 e. The van der Waals surface area contributed by atoms with Crippen molar-refractivity contribution >= 4 is 17.3 Å². The number of nitrogens with zero attached hydrogens (tertiary/aromatic N) is 1. The smallest absolute Gasteiger partial charge is 0.188 e. The number of aliphatic imine (C=N–C) groups is 1. The van der Waals surface area contributed by atoms with Crippen LogP contribution in [-0.2, 0) is 13.0 Å². The Balaban J connectivity index is 2.48. The fourth-order valence-electron chi connectivity index (χ4n) is 1.10. The molecule has 0 radical (unpaired) electrons. The summed E-state index contributed by atoms with van der Waals surface area (Å²) in [6, 6.07) is 4.27. The van der Waals surface area contributed by atoms with Crippen molar-refractivity contribution in [3.05, 3.63) is 21.9 Å². The van der Waals surface area contributed by atoms with Crippen molar-refractivity contribution in [2.24, 2.45) is 10.7 Å². The topological polar surface area (TPSA) is 50.4 Å². The third-order valence-electron chi connectivity index (χ3n) is 1.83. The van der Waals surface area contributed by atoms with E-state index in [0.29, 0.717) is 12.5 Å². The molecule has 0 fully saturated rings. The second-order valence-corrected chi connectivity index (χ2v) is 4.21. The van der Waals surface area contributed by atoms with Crippen molar-refractivity contribution < 1.29 is 0 Å². The van der Waals surface area contributed by atoms with E-state index in [9.17, 15) is 0 Å². The lowest BCUT2D eigenvalue weighted by Gasteiger charge is -1.99. The molecule has 0 aliphatic rings. The molecule has 0 amide bonds. The Labute approximate surface area is 89.0 Å². The van der Waals surface area contributed by atoms with Gasteiger partial charge in [0.05, 0.1) is 6.54 Å². The zero-order chi connectivity index (χ0) is 10.4. The average molecular weight is 211 g/mol. The summed E-state index contributed by atoms with van der Waals surface area (Å²) in [4.78, 5) is 6.89. The maximum Gasteiger partial charge on any atom is 0.188 e. The Morgan fingerprint density at radius 3 is 2.71 bits per heavy atom. The molecule has 4 heteroatoms. The van der Waals surface area contributed by atoms with E-state index < -0.39 is 0 Å². The first-order valence-electron chi connectivity index (χ1n) is 4.87. The van der Waals surface area contributed by atoms with Gasteiger partial charge in [-0.25, -0.2) is 4.99 Å². The summed E-state index contributed by atoms with van der Waals surface area (Å²) in [5, 5.41) is 2.97. The first kappa shape index (κ1) is 11.0. The number of aryl methyl sites for hydroxylation is 1. The van der Waals surface area contributed by atoms with Gasteiger partial charge in [0.25, 0.3) is 0 Å². The van der Waals surface area contributed by atoms with E-state index in [1.807, 2.05) is 6.92 Å². The molecule has 0 spiro atoms. The van der Waals surface area contributed by atoms with E-state index >= 15 is 0 Å². The Morgan fingerprint density at radius 2 is 2.14 bits per heavy atom. The second-order valence-electron chi connectivity index (χ2n) is 2.95. The predicted molar refractivity (Wildman–Crippen MR) is 62.7 cm³/mol.